The summed E-state index contributed by atoms with van der Waals surface area (Å²) >= 11 is 2.19. The Hall–Kier alpha value is -3.13. The van der Waals surface area contributed by atoms with Crippen LogP contribution in [0.5, 0.6) is 5.75 Å². The molecule has 0 unspecified atom stereocenters. The van der Waals surface area contributed by atoms with Crippen molar-refractivity contribution < 1.29 is 14.3 Å². The van der Waals surface area contributed by atoms with Crippen LogP contribution in [-0.4, -0.2) is 22.7 Å². The Morgan fingerprint density at radius 2 is 1.73 bits per heavy atom. The molecule has 2 aromatic carbocycles. The number of aromatic nitrogens is 1. The van der Waals surface area contributed by atoms with Gasteiger partial charge in [-0.15, -0.1) is 0 Å². The minimum atomic E-state index is -0.674. The fourth-order valence-corrected chi connectivity index (χ4v) is 3.66. The number of carbonyl (C=O) groups excluding carboxylic acids is 2. The smallest absolute Gasteiger partial charge is 0.298 e. The summed E-state index contributed by atoms with van der Waals surface area (Å²) in [6, 6.07) is 22.4. The van der Waals surface area contributed by atoms with Crippen LogP contribution >= 0.6 is 22.6 Å². The Kier molecular flexibility index (Phi) is 5.85. The third-order valence-corrected chi connectivity index (χ3v) is 5.40. The van der Waals surface area contributed by atoms with E-state index in [-0.39, 0.29) is 0 Å². The summed E-state index contributed by atoms with van der Waals surface area (Å²) in [5.74, 6) is -0.509. The second-order valence-corrected chi connectivity index (χ2v) is 7.90. The number of nitrogens with one attached hydrogen (secondary N) is 1. The molecule has 0 spiro atoms. The summed E-state index contributed by atoms with van der Waals surface area (Å²) in [6.45, 7) is 2.51. The van der Waals surface area contributed by atoms with Gasteiger partial charge in [0.25, 0.3) is 11.7 Å². The molecule has 0 fully saturated rings. The van der Waals surface area contributed by atoms with Crippen molar-refractivity contribution in [3.8, 4) is 16.9 Å². The number of benzene rings is 2. The third kappa shape index (κ3) is 4.09. The molecule has 4 rings (SSSR count). The lowest BCUT2D eigenvalue weighted by atomic mass is 10.0. The van der Waals surface area contributed by atoms with Crippen molar-refractivity contribution in [3.05, 3.63) is 88.3 Å². The quantitative estimate of drug-likeness (QED) is 0.214. The number of fused-ring (bicyclic) bond motifs is 1. The average molecular weight is 510 g/mol. The number of hydrogen-bond acceptors (Lipinski definition) is 3. The van der Waals surface area contributed by atoms with Crippen LogP contribution in [0.3, 0.4) is 0 Å². The highest BCUT2D eigenvalue weighted by Crippen LogP contribution is 2.30. The first kappa shape index (κ1) is 20.2. The molecule has 6 heteroatoms. The number of hydrogen-bond donors (Lipinski definition) is 1. The minimum Gasteiger partial charge on any atom is -0.494 e. The molecule has 30 heavy (non-hydrogen) atoms. The van der Waals surface area contributed by atoms with Crippen LogP contribution in [0.15, 0.2) is 79.0 Å². The SMILES string of the molecule is CCOc1ccc(-c2cc3ccccn3c2C(=O)C(=O)Nc2ccc(I)cc2)cc1. The first-order valence-corrected chi connectivity index (χ1v) is 10.6. The molecule has 0 aliphatic rings. The van der Waals surface area contributed by atoms with Gasteiger partial charge in [-0.2, -0.15) is 0 Å². The van der Waals surface area contributed by atoms with Crippen LogP contribution in [-0.2, 0) is 4.79 Å². The maximum atomic E-state index is 13.2. The van der Waals surface area contributed by atoms with E-state index < -0.39 is 11.7 Å². The summed E-state index contributed by atoms with van der Waals surface area (Å²) < 4.78 is 8.31. The predicted molar refractivity (Wildman–Crippen MR) is 126 cm³/mol. The lowest BCUT2D eigenvalue weighted by Crippen LogP contribution is -2.24. The van der Waals surface area contributed by atoms with Gasteiger partial charge in [-0.25, -0.2) is 0 Å². The molecule has 0 bridgehead atoms. The maximum Gasteiger partial charge on any atom is 0.298 e. The number of ketones is 1. The average Bonchev–Trinajstić information content (AvgIpc) is 3.15. The van der Waals surface area contributed by atoms with Gasteiger partial charge >= 0.3 is 0 Å². The molecule has 4 aromatic rings. The van der Waals surface area contributed by atoms with E-state index in [4.69, 9.17) is 4.74 Å². The maximum absolute atomic E-state index is 13.2. The van der Waals surface area contributed by atoms with E-state index in [1.54, 1.807) is 22.7 Å². The zero-order valence-corrected chi connectivity index (χ0v) is 18.4. The van der Waals surface area contributed by atoms with Crippen molar-refractivity contribution >= 4 is 45.5 Å². The fourth-order valence-electron chi connectivity index (χ4n) is 3.30. The third-order valence-electron chi connectivity index (χ3n) is 4.68. The number of pyridine rings is 1. The molecule has 0 saturated carbocycles. The van der Waals surface area contributed by atoms with E-state index in [0.717, 1.165) is 20.4 Å². The normalized spacial score (nSPS) is 10.7. The molecule has 2 aromatic heterocycles. The Balaban J connectivity index is 1.73. The number of rotatable bonds is 6. The van der Waals surface area contributed by atoms with Crippen LogP contribution in [0.2, 0.25) is 0 Å². The molecule has 0 saturated heterocycles. The number of carbonyl (C=O) groups is 2. The van der Waals surface area contributed by atoms with Crippen molar-refractivity contribution in [2.24, 2.45) is 0 Å². The molecule has 150 valence electrons. The number of amides is 1. The zero-order valence-electron chi connectivity index (χ0n) is 16.3. The van der Waals surface area contributed by atoms with Crippen molar-refractivity contribution in [1.82, 2.24) is 4.40 Å². The van der Waals surface area contributed by atoms with Gasteiger partial charge in [0.1, 0.15) is 11.4 Å². The Morgan fingerprint density at radius 3 is 2.43 bits per heavy atom. The largest absolute Gasteiger partial charge is 0.494 e. The number of nitrogens with zero attached hydrogens (tertiary/aromatic N) is 1. The van der Waals surface area contributed by atoms with Crippen LogP contribution in [0.1, 0.15) is 17.4 Å². The van der Waals surface area contributed by atoms with Gasteiger partial charge < -0.3 is 14.5 Å². The number of ether oxygens (including phenoxy) is 1. The van der Waals surface area contributed by atoms with Gasteiger partial charge in [-0.05, 0) is 89.7 Å². The van der Waals surface area contributed by atoms with E-state index >= 15 is 0 Å². The zero-order chi connectivity index (χ0) is 21.1. The lowest BCUT2D eigenvalue weighted by Gasteiger charge is -2.09. The fraction of sp³-hybridized carbons (Fsp3) is 0.0833. The topological polar surface area (TPSA) is 59.8 Å². The van der Waals surface area contributed by atoms with Gasteiger partial charge in [-0.1, -0.05) is 18.2 Å². The van der Waals surface area contributed by atoms with Crippen molar-refractivity contribution in [3.63, 3.8) is 0 Å². The Morgan fingerprint density at radius 1 is 1.00 bits per heavy atom. The van der Waals surface area contributed by atoms with E-state index in [2.05, 4.69) is 27.9 Å². The highest BCUT2D eigenvalue weighted by molar-refractivity contribution is 14.1. The molecule has 0 radical (unpaired) electrons. The minimum absolute atomic E-state index is 0.331. The summed E-state index contributed by atoms with van der Waals surface area (Å²) in [4.78, 5) is 26.0. The first-order valence-electron chi connectivity index (χ1n) is 9.51. The Labute approximate surface area is 187 Å². The highest BCUT2D eigenvalue weighted by Gasteiger charge is 2.24. The summed E-state index contributed by atoms with van der Waals surface area (Å²) in [7, 11) is 0. The molecule has 2 heterocycles. The molecule has 0 aliphatic carbocycles. The lowest BCUT2D eigenvalue weighted by molar-refractivity contribution is -0.112. The standard InChI is InChI=1S/C24H19IN2O3/c1-2-30-20-12-6-16(7-13-20)21-15-19-5-3-4-14-27(19)22(21)23(28)24(29)26-18-10-8-17(25)9-11-18/h3-15H,2H2,1H3,(H,26,29). The number of Topliss-reactive ketones (excluding diaryl/α,β-unsaturated/α-hetero) is 1. The van der Waals surface area contributed by atoms with E-state index in [1.165, 1.54) is 0 Å². The van der Waals surface area contributed by atoms with Crippen molar-refractivity contribution in [1.29, 1.82) is 0 Å². The molecule has 1 N–H and O–H groups in total. The first-order chi connectivity index (χ1) is 14.6. The summed E-state index contributed by atoms with van der Waals surface area (Å²) in [5.41, 5.74) is 3.29. The van der Waals surface area contributed by atoms with Gasteiger partial charge in [-0.3, -0.25) is 9.59 Å². The summed E-state index contributed by atoms with van der Waals surface area (Å²) in [5, 5.41) is 2.70. The second kappa shape index (κ2) is 8.71. The van der Waals surface area contributed by atoms with Crippen LogP contribution in [0.4, 0.5) is 5.69 Å². The number of anilines is 1. The van der Waals surface area contributed by atoms with Gasteiger partial charge in [0.05, 0.1) is 6.61 Å². The van der Waals surface area contributed by atoms with Crippen molar-refractivity contribution in [2.45, 2.75) is 6.92 Å². The monoisotopic (exact) mass is 510 g/mol. The van der Waals surface area contributed by atoms with Gasteiger partial charge in [0.2, 0.25) is 0 Å². The molecule has 0 aliphatic heterocycles. The molecular formula is C24H19IN2O3. The second-order valence-electron chi connectivity index (χ2n) is 6.65. The Bertz CT molecular complexity index is 1210. The van der Waals surface area contributed by atoms with E-state index in [0.29, 0.717) is 23.6 Å². The molecule has 1 amide bonds. The molecular weight excluding hydrogens is 491 g/mol. The predicted octanol–water partition coefficient (Wildman–Crippen LogP) is 5.43. The molecule has 5 nitrogen and oxygen atoms in total. The van der Waals surface area contributed by atoms with Gasteiger partial charge in [0, 0.05) is 26.5 Å². The molecule has 0 atom stereocenters. The summed E-state index contributed by atoms with van der Waals surface area (Å²) in [6.07, 6.45) is 1.79. The van der Waals surface area contributed by atoms with E-state index in [1.807, 2.05) is 67.6 Å². The van der Waals surface area contributed by atoms with Crippen LogP contribution < -0.4 is 10.1 Å². The van der Waals surface area contributed by atoms with Crippen molar-refractivity contribution in [2.75, 3.05) is 11.9 Å². The van der Waals surface area contributed by atoms with Crippen LogP contribution in [0.25, 0.3) is 16.6 Å². The number of halogens is 1. The van der Waals surface area contributed by atoms with E-state index in [9.17, 15) is 9.59 Å². The van der Waals surface area contributed by atoms with Gasteiger partial charge in [0.15, 0.2) is 0 Å². The van der Waals surface area contributed by atoms with Crippen LogP contribution in [0, 0.1) is 3.57 Å². The highest BCUT2D eigenvalue weighted by atomic mass is 127.